The molecule has 0 saturated carbocycles. The fraction of sp³-hybridized carbons (Fsp3) is 0.222. The maximum atomic E-state index is 5.66. The lowest BCUT2D eigenvalue weighted by atomic mass is 10.1. The van der Waals surface area contributed by atoms with Crippen LogP contribution < -0.4 is 0 Å². The molecule has 4 nitrogen and oxygen atoms in total. The summed E-state index contributed by atoms with van der Waals surface area (Å²) in [6.07, 6.45) is 4.44. The van der Waals surface area contributed by atoms with Gasteiger partial charge in [0.1, 0.15) is 0 Å². The quantitative estimate of drug-likeness (QED) is 0.822. The minimum Gasteiger partial charge on any atom is -0.264 e. The van der Waals surface area contributed by atoms with E-state index in [-0.39, 0.29) is 0 Å². The number of nitrogens with one attached hydrogen (secondary N) is 1. The van der Waals surface area contributed by atoms with Crippen LogP contribution in [0.3, 0.4) is 0 Å². The molecular weight excluding hydrogens is 200 g/mol. The van der Waals surface area contributed by atoms with E-state index < -0.39 is 0 Å². The summed E-state index contributed by atoms with van der Waals surface area (Å²) < 4.78 is 0. The van der Waals surface area contributed by atoms with E-state index in [1.165, 1.54) is 0 Å². The van der Waals surface area contributed by atoms with E-state index in [0.29, 0.717) is 11.1 Å². The van der Waals surface area contributed by atoms with Crippen molar-refractivity contribution in [2.24, 2.45) is 0 Å². The van der Waals surface area contributed by atoms with Crippen molar-refractivity contribution in [3.8, 4) is 11.4 Å². The molecule has 0 saturated heterocycles. The number of aromatic amines is 1. The molecule has 0 spiro atoms. The van der Waals surface area contributed by atoms with Crippen LogP contribution in [-0.4, -0.2) is 20.2 Å². The maximum absolute atomic E-state index is 5.66. The monoisotopic (exact) mass is 208 g/mol. The summed E-state index contributed by atoms with van der Waals surface area (Å²) in [5.74, 6) is 0.620. The van der Waals surface area contributed by atoms with Crippen LogP contribution in [0.15, 0.2) is 18.5 Å². The van der Waals surface area contributed by atoms with Crippen LogP contribution in [0.5, 0.6) is 0 Å². The molecule has 0 unspecified atom stereocenters. The van der Waals surface area contributed by atoms with Gasteiger partial charge in [-0.2, -0.15) is 10.1 Å². The van der Waals surface area contributed by atoms with Crippen LogP contribution in [0.1, 0.15) is 12.5 Å². The highest BCUT2D eigenvalue weighted by molar-refractivity contribution is 6.28. The number of halogens is 1. The molecule has 0 bridgehead atoms. The van der Waals surface area contributed by atoms with Gasteiger partial charge in [-0.15, -0.1) is 0 Å². The third-order valence-corrected chi connectivity index (χ3v) is 2.15. The Balaban J connectivity index is 2.50. The van der Waals surface area contributed by atoms with Crippen molar-refractivity contribution in [1.29, 1.82) is 0 Å². The fourth-order valence-electron chi connectivity index (χ4n) is 1.29. The highest BCUT2D eigenvalue weighted by Gasteiger charge is 2.08. The summed E-state index contributed by atoms with van der Waals surface area (Å²) in [7, 11) is 0. The predicted molar refractivity (Wildman–Crippen MR) is 54.0 cm³/mol. The summed E-state index contributed by atoms with van der Waals surface area (Å²) >= 11 is 5.66. The molecule has 0 fully saturated rings. The second kappa shape index (κ2) is 3.75. The van der Waals surface area contributed by atoms with Crippen LogP contribution in [0.2, 0.25) is 5.28 Å². The zero-order chi connectivity index (χ0) is 9.97. The average molecular weight is 209 g/mol. The van der Waals surface area contributed by atoms with Gasteiger partial charge in [0, 0.05) is 18.0 Å². The van der Waals surface area contributed by atoms with Crippen LogP contribution in [-0.2, 0) is 6.42 Å². The minimum absolute atomic E-state index is 0.305. The first kappa shape index (κ1) is 9.15. The number of hydrogen-bond acceptors (Lipinski definition) is 3. The third-order valence-electron chi connectivity index (χ3n) is 1.98. The normalized spacial score (nSPS) is 10.4. The van der Waals surface area contributed by atoms with Gasteiger partial charge in [0.25, 0.3) is 0 Å². The molecule has 5 heteroatoms. The van der Waals surface area contributed by atoms with E-state index in [4.69, 9.17) is 11.6 Å². The van der Waals surface area contributed by atoms with Crippen LogP contribution in [0.25, 0.3) is 11.4 Å². The molecule has 0 atom stereocenters. The van der Waals surface area contributed by atoms with Crippen LogP contribution in [0, 0.1) is 0 Å². The molecule has 2 aromatic rings. The Labute approximate surface area is 86.4 Å². The molecule has 0 aliphatic heterocycles. The Morgan fingerprint density at radius 3 is 3.00 bits per heavy atom. The molecule has 1 N–H and O–H groups in total. The molecule has 2 heterocycles. The molecule has 2 aromatic heterocycles. The van der Waals surface area contributed by atoms with Gasteiger partial charge in [0.2, 0.25) is 5.28 Å². The van der Waals surface area contributed by atoms with Crippen LogP contribution >= 0.6 is 11.6 Å². The largest absolute Gasteiger partial charge is 0.264 e. The molecule has 72 valence electrons. The van der Waals surface area contributed by atoms with Crippen molar-refractivity contribution >= 4 is 11.6 Å². The molecule has 14 heavy (non-hydrogen) atoms. The summed E-state index contributed by atoms with van der Waals surface area (Å²) in [6, 6.07) is 1.89. The first-order chi connectivity index (χ1) is 6.81. The number of hydrogen-bond donors (Lipinski definition) is 1. The van der Waals surface area contributed by atoms with E-state index in [2.05, 4.69) is 27.1 Å². The Bertz CT molecular complexity index is 438. The smallest absolute Gasteiger partial charge is 0.218 e. The number of aryl methyl sites for hydroxylation is 1. The maximum Gasteiger partial charge on any atom is 0.218 e. The van der Waals surface area contributed by atoms with Crippen molar-refractivity contribution in [1.82, 2.24) is 20.2 Å². The Hall–Kier alpha value is -1.42. The number of H-pyrrole nitrogens is 1. The van der Waals surface area contributed by atoms with E-state index in [1.807, 2.05) is 12.3 Å². The number of nitrogens with zero attached hydrogens (tertiary/aromatic N) is 3. The highest BCUT2D eigenvalue weighted by Crippen LogP contribution is 2.20. The molecule has 0 amide bonds. The van der Waals surface area contributed by atoms with Crippen molar-refractivity contribution < 1.29 is 0 Å². The lowest BCUT2D eigenvalue weighted by Gasteiger charge is -2.01. The molecular formula is C9H9ClN4. The summed E-state index contributed by atoms with van der Waals surface area (Å²) in [5.41, 5.74) is 2.09. The molecule has 0 aliphatic rings. The van der Waals surface area contributed by atoms with E-state index >= 15 is 0 Å². The summed E-state index contributed by atoms with van der Waals surface area (Å²) in [4.78, 5) is 8.11. The predicted octanol–water partition coefficient (Wildman–Crippen LogP) is 2.08. The van der Waals surface area contributed by atoms with Gasteiger partial charge in [0.15, 0.2) is 5.82 Å². The third kappa shape index (κ3) is 1.61. The first-order valence-corrected chi connectivity index (χ1v) is 4.70. The number of aromatic nitrogens is 4. The molecule has 0 radical (unpaired) electrons. The van der Waals surface area contributed by atoms with Crippen molar-refractivity contribution in [3.63, 3.8) is 0 Å². The van der Waals surface area contributed by atoms with E-state index in [1.54, 1.807) is 6.20 Å². The summed E-state index contributed by atoms with van der Waals surface area (Å²) in [6.45, 7) is 2.06. The van der Waals surface area contributed by atoms with Gasteiger partial charge >= 0.3 is 0 Å². The van der Waals surface area contributed by atoms with Crippen LogP contribution in [0.4, 0.5) is 0 Å². The van der Waals surface area contributed by atoms with Gasteiger partial charge < -0.3 is 0 Å². The van der Waals surface area contributed by atoms with E-state index in [9.17, 15) is 0 Å². The zero-order valence-electron chi connectivity index (χ0n) is 7.66. The van der Waals surface area contributed by atoms with Crippen molar-refractivity contribution in [2.45, 2.75) is 13.3 Å². The number of pyridine rings is 1. The second-order valence-electron chi connectivity index (χ2n) is 2.84. The van der Waals surface area contributed by atoms with Gasteiger partial charge in [-0.3, -0.25) is 4.98 Å². The lowest BCUT2D eigenvalue weighted by molar-refractivity contribution is 1.07. The van der Waals surface area contributed by atoms with Crippen molar-refractivity contribution in [3.05, 3.63) is 29.3 Å². The topological polar surface area (TPSA) is 54.5 Å². The zero-order valence-corrected chi connectivity index (χ0v) is 8.41. The summed E-state index contributed by atoms with van der Waals surface area (Å²) in [5, 5.41) is 6.91. The SMILES string of the molecule is CCc1cnccc1-c1n[nH]c(Cl)n1. The standard InChI is InChI=1S/C9H9ClN4/c1-2-6-5-11-4-3-7(6)8-12-9(10)14-13-8/h3-5H,2H2,1H3,(H,12,13,14). The van der Waals surface area contributed by atoms with Gasteiger partial charge in [-0.1, -0.05) is 6.92 Å². The molecule has 0 aromatic carbocycles. The Morgan fingerprint density at radius 2 is 2.36 bits per heavy atom. The molecule has 2 rings (SSSR count). The fourth-order valence-corrected chi connectivity index (χ4v) is 1.41. The van der Waals surface area contributed by atoms with Gasteiger partial charge in [0.05, 0.1) is 0 Å². The minimum atomic E-state index is 0.305. The van der Waals surface area contributed by atoms with Gasteiger partial charge in [-0.05, 0) is 29.7 Å². The second-order valence-corrected chi connectivity index (χ2v) is 3.19. The highest BCUT2D eigenvalue weighted by atomic mass is 35.5. The van der Waals surface area contributed by atoms with Gasteiger partial charge in [-0.25, -0.2) is 5.10 Å². The first-order valence-electron chi connectivity index (χ1n) is 4.32. The molecule has 0 aliphatic carbocycles. The average Bonchev–Trinajstić information content (AvgIpc) is 2.65. The van der Waals surface area contributed by atoms with Crippen molar-refractivity contribution in [2.75, 3.05) is 0 Å². The Morgan fingerprint density at radius 1 is 1.50 bits per heavy atom. The number of rotatable bonds is 2. The van der Waals surface area contributed by atoms with E-state index in [0.717, 1.165) is 17.5 Å². The lowest BCUT2D eigenvalue weighted by Crippen LogP contribution is -1.90. The Kier molecular flexibility index (Phi) is 2.45.